The molecule has 0 aliphatic carbocycles. The van der Waals surface area contributed by atoms with E-state index in [0.29, 0.717) is 6.54 Å². The summed E-state index contributed by atoms with van der Waals surface area (Å²) in [5.74, 6) is -0.444. The fraction of sp³-hybridized carbons (Fsp3) is 0.600. The maximum absolute atomic E-state index is 12.2. The second-order valence-electron chi connectivity index (χ2n) is 4.26. The Morgan fingerprint density at radius 1 is 1.50 bits per heavy atom. The number of nitrogens with two attached hydrogens (primary N) is 1. The van der Waals surface area contributed by atoms with E-state index >= 15 is 0 Å². The molecule has 7 nitrogen and oxygen atoms in total. The molecule has 8 heteroatoms. The molecular formula is C10H18N4O3S. The standard InChI is InChI=1S/C10H18N4O3S/c1-5-14(6(2)3)10(15)8-9(18(11,16)17)7(4)12-13-8/h6H,5H2,1-4H3,(H,12,13)(H2,11,16,17). The number of rotatable bonds is 4. The SMILES string of the molecule is CCN(C(=O)c1n[nH]c(C)c1S(N)(=O)=O)C(C)C. The normalized spacial score (nSPS) is 11.9. The van der Waals surface area contributed by atoms with E-state index in [0.717, 1.165) is 0 Å². The quantitative estimate of drug-likeness (QED) is 0.819. The van der Waals surface area contributed by atoms with Crippen molar-refractivity contribution in [3.05, 3.63) is 11.4 Å². The predicted molar refractivity (Wildman–Crippen MR) is 66.5 cm³/mol. The van der Waals surface area contributed by atoms with E-state index in [1.54, 1.807) is 0 Å². The average Bonchev–Trinajstić information content (AvgIpc) is 2.59. The number of sulfonamides is 1. The first-order valence-corrected chi connectivity index (χ1v) is 7.13. The van der Waals surface area contributed by atoms with Crippen LogP contribution in [0.1, 0.15) is 37.0 Å². The molecule has 0 aromatic carbocycles. The van der Waals surface area contributed by atoms with Crippen LogP contribution in [0.2, 0.25) is 0 Å². The molecular weight excluding hydrogens is 256 g/mol. The summed E-state index contributed by atoms with van der Waals surface area (Å²) in [5.41, 5.74) is 0.117. The molecule has 1 heterocycles. The highest BCUT2D eigenvalue weighted by Gasteiger charge is 2.29. The first-order chi connectivity index (χ1) is 8.20. The number of aromatic nitrogens is 2. The van der Waals surface area contributed by atoms with Gasteiger partial charge in [-0.2, -0.15) is 5.10 Å². The molecule has 0 unspecified atom stereocenters. The number of aryl methyl sites for hydroxylation is 1. The van der Waals surface area contributed by atoms with E-state index in [4.69, 9.17) is 5.14 Å². The molecule has 1 aromatic rings. The summed E-state index contributed by atoms with van der Waals surface area (Å²) >= 11 is 0. The highest BCUT2D eigenvalue weighted by atomic mass is 32.2. The Bertz CT molecular complexity index is 547. The van der Waals surface area contributed by atoms with E-state index in [2.05, 4.69) is 10.2 Å². The van der Waals surface area contributed by atoms with E-state index in [1.807, 2.05) is 20.8 Å². The number of carbonyl (C=O) groups excluding carboxylic acids is 1. The zero-order valence-corrected chi connectivity index (χ0v) is 11.7. The Balaban J connectivity index is 3.31. The third kappa shape index (κ3) is 2.70. The molecule has 1 aromatic heterocycles. The van der Waals surface area contributed by atoms with Crippen LogP contribution in [0, 0.1) is 6.92 Å². The van der Waals surface area contributed by atoms with Gasteiger partial charge in [-0.05, 0) is 27.7 Å². The molecule has 0 saturated heterocycles. The fourth-order valence-corrected chi connectivity index (χ4v) is 2.67. The molecule has 102 valence electrons. The fourth-order valence-electron chi connectivity index (χ4n) is 1.79. The highest BCUT2D eigenvalue weighted by Crippen LogP contribution is 2.18. The van der Waals surface area contributed by atoms with Crippen LogP contribution < -0.4 is 5.14 Å². The number of carbonyl (C=O) groups is 1. The number of H-pyrrole nitrogens is 1. The molecule has 0 saturated carbocycles. The summed E-state index contributed by atoms with van der Waals surface area (Å²) in [6.07, 6.45) is 0. The van der Waals surface area contributed by atoms with Gasteiger partial charge in [0.05, 0.1) is 5.69 Å². The Kier molecular flexibility index (Phi) is 4.12. The topological polar surface area (TPSA) is 109 Å². The monoisotopic (exact) mass is 274 g/mol. The van der Waals surface area contributed by atoms with Crippen LogP contribution in [0.4, 0.5) is 0 Å². The van der Waals surface area contributed by atoms with E-state index in [-0.39, 0.29) is 22.3 Å². The number of nitrogens with one attached hydrogen (secondary N) is 1. The van der Waals surface area contributed by atoms with Crippen molar-refractivity contribution in [2.75, 3.05) is 6.54 Å². The molecule has 0 aliphatic heterocycles. The smallest absolute Gasteiger partial charge is 0.275 e. The molecule has 0 fully saturated rings. The number of nitrogens with zero attached hydrogens (tertiary/aromatic N) is 2. The van der Waals surface area contributed by atoms with Crippen molar-refractivity contribution >= 4 is 15.9 Å². The maximum atomic E-state index is 12.2. The van der Waals surface area contributed by atoms with Gasteiger partial charge in [-0.15, -0.1) is 0 Å². The van der Waals surface area contributed by atoms with Crippen LogP contribution in [0.3, 0.4) is 0 Å². The number of hydrogen-bond acceptors (Lipinski definition) is 4. The largest absolute Gasteiger partial charge is 0.335 e. The van der Waals surface area contributed by atoms with Gasteiger partial charge in [0.25, 0.3) is 5.91 Å². The Morgan fingerprint density at radius 2 is 2.06 bits per heavy atom. The van der Waals surface area contributed by atoms with Crippen LogP contribution >= 0.6 is 0 Å². The van der Waals surface area contributed by atoms with Crippen molar-refractivity contribution in [1.29, 1.82) is 0 Å². The van der Waals surface area contributed by atoms with E-state index < -0.39 is 15.9 Å². The number of primary sulfonamides is 1. The molecule has 1 rings (SSSR count). The summed E-state index contributed by atoms with van der Waals surface area (Å²) in [4.78, 5) is 13.5. The van der Waals surface area contributed by atoms with Gasteiger partial charge in [-0.25, -0.2) is 13.6 Å². The molecule has 0 bridgehead atoms. The van der Waals surface area contributed by atoms with Crippen LogP contribution in [0.25, 0.3) is 0 Å². The average molecular weight is 274 g/mol. The van der Waals surface area contributed by atoms with Crippen LogP contribution in [0.15, 0.2) is 4.90 Å². The molecule has 18 heavy (non-hydrogen) atoms. The summed E-state index contributed by atoms with van der Waals surface area (Å²) in [6, 6.07) is -0.0483. The lowest BCUT2D eigenvalue weighted by Gasteiger charge is -2.24. The van der Waals surface area contributed by atoms with Gasteiger partial charge in [-0.1, -0.05) is 0 Å². The van der Waals surface area contributed by atoms with Crippen molar-refractivity contribution < 1.29 is 13.2 Å². The van der Waals surface area contributed by atoms with Gasteiger partial charge in [0.1, 0.15) is 4.90 Å². The summed E-state index contributed by atoms with van der Waals surface area (Å²) in [6.45, 7) is 7.48. The molecule has 3 N–H and O–H groups in total. The molecule has 0 radical (unpaired) electrons. The van der Waals surface area contributed by atoms with E-state index in [1.165, 1.54) is 11.8 Å². The Hall–Kier alpha value is -1.41. The maximum Gasteiger partial charge on any atom is 0.275 e. The summed E-state index contributed by atoms with van der Waals surface area (Å²) in [5, 5.41) is 11.3. The minimum atomic E-state index is -3.97. The number of aromatic amines is 1. The van der Waals surface area contributed by atoms with Crippen molar-refractivity contribution in [1.82, 2.24) is 15.1 Å². The zero-order chi connectivity index (χ0) is 14.1. The van der Waals surface area contributed by atoms with Crippen molar-refractivity contribution in [2.45, 2.75) is 38.6 Å². The summed E-state index contributed by atoms with van der Waals surface area (Å²) < 4.78 is 22.9. The number of amides is 1. The Labute approximate surface area is 106 Å². The predicted octanol–water partition coefficient (Wildman–Crippen LogP) is 0.236. The van der Waals surface area contributed by atoms with E-state index in [9.17, 15) is 13.2 Å². The van der Waals surface area contributed by atoms with Crippen molar-refractivity contribution in [3.8, 4) is 0 Å². The zero-order valence-electron chi connectivity index (χ0n) is 10.9. The van der Waals surface area contributed by atoms with Gasteiger partial charge < -0.3 is 4.90 Å². The van der Waals surface area contributed by atoms with Gasteiger partial charge in [0, 0.05) is 12.6 Å². The molecule has 0 spiro atoms. The van der Waals surface area contributed by atoms with Gasteiger partial charge in [0.2, 0.25) is 10.0 Å². The van der Waals surface area contributed by atoms with Gasteiger partial charge in [0.15, 0.2) is 5.69 Å². The lowest BCUT2D eigenvalue weighted by molar-refractivity contribution is 0.0707. The molecule has 0 atom stereocenters. The third-order valence-electron chi connectivity index (χ3n) is 2.60. The summed E-state index contributed by atoms with van der Waals surface area (Å²) in [7, 11) is -3.97. The van der Waals surface area contributed by atoms with Gasteiger partial charge in [-0.3, -0.25) is 9.89 Å². The van der Waals surface area contributed by atoms with Crippen LogP contribution in [0.5, 0.6) is 0 Å². The van der Waals surface area contributed by atoms with Crippen LogP contribution in [-0.2, 0) is 10.0 Å². The van der Waals surface area contributed by atoms with Gasteiger partial charge >= 0.3 is 0 Å². The molecule has 1 amide bonds. The second-order valence-corrected chi connectivity index (χ2v) is 5.75. The minimum Gasteiger partial charge on any atom is -0.335 e. The first kappa shape index (κ1) is 14.7. The minimum absolute atomic E-state index is 0.0483. The Morgan fingerprint density at radius 3 is 2.44 bits per heavy atom. The third-order valence-corrected chi connectivity index (χ3v) is 3.67. The molecule has 0 aliphatic rings. The van der Waals surface area contributed by atoms with Crippen molar-refractivity contribution in [2.24, 2.45) is 5.14 Å². The lowest BCUT2D eigenvalue weighted by Crippen LogP contribution is -2.37. The second kappa shape index (κ2) is 5.07. The first-order valence-electron chi connectivity index (χ1n) is 5.58. The highest BCUT2D eigenvalue weighted by molar-refractivity contribution is 7.89. The van der Waals surface area contributed by atoms with Crippen molar-refractivity contribution in [3.63, 3.8) is 0 Å². The number of hydrogen-bond donors (Lipinski definition) is 2. The van der Waals surface area contributed by atoms with Crippen LogP contribution in [-0.4, -0.2) is 42.0 Å². The lowest BCUT2D eigenvalue weighted by atomic mass is 10.2.